The van der Waals surface area contributed by atoms with E-state index < -0.39 is 0 Å². The van der Waals surface area contributed by atoms with Gasteiger partial charge < -0.3 is 15.0 Å². The average molecular weight is 376 g/mol. The molecule has 1 aliphatic rings. The van der Waals surface area contributed by atoms with E-state index in [4.69, 9.17) is 4.74 Å². The number of nitrogens with one attached hydrogen (secondary N) is 2. The standard InChI is InChI=1S/C22H24N4O2/c27-21(23-8-9-26-10-12-28-13-11-26)7-6-17-14-19-20(16-25-22(19)24-15-17)18-4-2-1-3-5-18/h1-7,14-16H,8-13H2,(H,23,27)(H,24,25)/b7-6+. The first kappa shape index (κ1) is 18.4. The highest BCUT2D eigenvalue weighted by atomic mass is 16.5. The number of aromatic nitrogens is 2. The van der Waals surface area contributed by atoms with Crippen LogP contribution in [0.4, 0.5) is 0 Å². The summed E-state index contributed by atoms with van der Waals surface area (Å²) in [4.78, 5) is 22.1. The number of ether oxygens (including phenoxy) is 1. The van der Waals surface area contributed by atoms with Crippen molar-refractivity contribution >= 4 is 23.0 Å². The highest BCUT2D eigenvalue weighted by molar-refractivity contribution is 5.96. The number of amides is 1. The lowest BCUT2D eigenvalue weighted by Gasteiger charge is -2.26. The molecule has 1 amide bonds. The molecular weight excluding hydrogens is 352 g/mol. The van der Waals surface area contributed by atoms with Gasteiger partial charge in [0.05, 0.1) is 13.2 Å². The van der Waals surface area contributed by atoms with Gasteiger partial charge in [0.2, 0.25) is 5.91 Å². The summed E-state index contributed by atoms with van der Waals surface area (Å²) >= 11 is 0. The molecule has 2 N–H and O–H groups in total. The number of carbonyl (C=O) groups is 1. The van der Waals surface area contributed by atoms with Crippen LogP contribution in [0.2, 0.25) is 0 Å². The summed E-state index contributed by atoms with van der Waals surface area (Å²) in [5.74, 6) is -0.0919. The zero-order chi connectivity index (χ0) is 19.2. The Balaban J connectivity index is 1.39. The first-order chi connectivity index (χ1) is 13.8. The smallest absolute Gasteiger partial charge is 0.244 e. The van der Waals surface area contributed by atoms with E-state index in [2.05, 4.69) is 38.4 Å². The van der Waals surface area contributed by atoms with Crippen LogP contribution in [0.1, 0.15) is 5.56 Å². The van der Waals surface area contributed by atoms with Crippen molar-refractivity contribution in [2.45, 2.75) is 0 Å². The molecule has 6 heteroatoms. The fraction of sp³-hybridized carbons (Fsp3) is 0.273. The number of morpholine rings is 1. The van der Waals surface area contributed by atoms with Crippen LogP contribution >= 0.6 is 0 Å². The minimum absolute atomic E-state index is 0.0919. The van der Waals surface area contributed by atoms with Crippen molar-refractivity contribution in [2.24, 2.45) is 0 Å². The van der Waals surface area contributed by atoms with Crippen molar-refractivity contribution in [1.82, 2.24) is 20.2 Å². The van der Waals surface area contributed by atoms with Gasteiger partial charge >= 0.3 is 0 Å². The van der Waals surface area contributed by atoms with Crippen LogP contribution in [-0.4, -0.2) is 60.2 Å². The minimum Gasteiger partial charge on any atom is -0.379 e. The second-order valence-electron chi connectivity index (χ2n) is 6.81. The Morgan fingerprint density at radius 3 is 2.89 bits per heavy atom. The number of benzene rings is 1. The van der Waals surface area contributed by atoms with Crippen molar-refractivity contribution in [2.75, 3.05) is 39.4 Å². The molecule has 0 aliphatic carbocycles. The second-order valence-corrected chi connectivity index (χ2v) is 6.81. The number of rotatable bonds is 6. The molecule has 1 aromatic carbocycles. The molecule has 1 aliphatic heterocycles. The number of hydrogen-bond acceptors (Lipinski definition) is 4. The first-order valence-electron chi connectivity index (χ1n) is 9.58. The van der Waals surface area contributed by atoms with Gasteiger partial charge in [0.25, 0.3) is 0 Å². The summed E-state index contributed by atoms with van der Waals surface area (Å²) in [5, 5.41) is 3.98. The SMILES string of the molecule is O=C(/C=C/c1cnc2[nH]cc(-c3ccccc3)c2c1)NCCN1CCOCC1. The lowest BCUT2D eigenvalue weighted by Crippen LogP contribution is -2.41. The van der Waals surface area contributed by atoms with Gasteiger partial charge in [-0.05, 0) is 23.3 Å². The van der Waals surface area contributed by atoms with E-state index in [1.165, 1.54) is 0 Å². The predicted octanol–water partition coefficient (Wildman–Crippen LogP) is 2.69. The Hall–Kier alpha value is -2.96. The van der Waals surface area contributed by atoms with Crippen LogP contribution in [0.25, 0.3) is 28.2 Å². The van der Waals surface area contributed by atoms with E-state index in [1.54, 1.807) is 18.3 Å². The molecule has 144 valence electrons. The molecule has 3 heterocycles. The molecule has 0 spiro atoms. The molecule has 28 heavy (non-hydrogen) atoms. The van der Waals surface area contributed by atoms with Crippen LogP contribution in [-0.2, 0) is 9.53 Å². The van der Waals surface area contributed by atoms with E-state index >= 15 is 0 Å². The molecule has 0 bridgehead atoms. The van der Waals surface area contributed by atoms with Gasteiger partial charge in [-0.1, -0.05) is 30.3 Å². The Bertz CT molecular complexity index is 959. The fourth-order valence-electron chi connectivity index (χ4n) is 3.36. The van der Waals surface area contributed by atoms with E-state index in [0.717, 1.165) is 60.6 Å². The first-order valence-corrected chi connectivity index (χ1v) is 9.58. The molecule has 3 aromatic rings. The molecule has 1 saturated heterocycles. The summed E-state index contributed by atoms with van der Waals surface area (Å²) in [6.07, 6.45) is 7.11. The number of H-pyrrole nitrogens is 1. The quantitative estimate of drug-likeness (QED) is 0.649. The van der Waals surface area contributed by atoms with E-state index in [-0.39, 0.29) is 5.91 Å². The number of fused-ring (bicyclic) bond motifs is 1. The van der Waals surface area contributed by atoms with Gasteiger partial charge in [0, 0.05) is 55.6 Å². The van der Waals surface area contributed by atoms with Crippen molar-refractivity contribution < 1.29 is 9.53 Å². The van der Waals surface area contributed by atoms with Crippen molar-refractivity contribution in [1.29, 1.82) is 0 Å². The molecule has 0 unspecified atom stereocenters. The third-order valence-corrected chi connectivity index (χ3v) is 4.90. The molecular formula is C22H24N4O2. The van der Waals surface area contributed by atoms with Crippen LogP contribution in [0.5, 0.6) is 0 Å². The van der Waals surface area contributed by atoms with Gasteiger partial charge in [-0.25, -0.2) is 4.98 Å². The maximum absolute atomic E-state index is 12.1. The molecule has 0 radical (unpaired) electrons. The largest absolute Gasteiger partial charge is 0.379 e. The Morgan fingerprint density at radius 2 is 2.07 bits per heavy atom. The van der Waals surface area contributed by atoms with Gasteiger partial charge in [0.1, 0.15) is 5.65 Å². The third kappa shape index (κ3) is 4.47. The summed E-state index contributed by atoms with van der Waals surface area (Å²) in [7, 11) is 0. The van der Waals surface area contributed by atoms with E-state index in [0.29, 0.717) is 6.54 Å². The van der Waals surface area contributed by atoms with E-state index in [1.807, 2.05) is 24.4 Å². The Kier molecular flexibility index (Phi) is 5.80. The van der Waals surface area contributed by atoms with Gasteiger partial charge in [0.15, 0.2) is 0 Å². The molecule has 4 rings (SSSR count). The van der Waals surface area contributed by atoms with Crippen LogP contribution in [0.15, 0.2) is 54.9 Å². The Morgan fingerprint density at radius 1 is 1.25 bits per heavy atom. The summed E-state index contributed by atoms with van der Waals surface area (Å²) in [6.45, 7) is 4.88. The number of pyridine rings is 1. The van der Waals surface area contributed by atoms with Gasteiger partial charge in [-0.15, -0.1) is 0 Å². The molecule has 0 saturated carbocycles. The lowest BCUT2D eigenvalue weighted by molar-refractivity contribution is -0.116. The van der Waals surface area contributed by atoms with Crippen molar-refractivity contribution in [3.8, 4) is 11.1 Å². The van der Waals surface area contributed by atoms with E-state index in [9.17, 15) is 4.79 Å². The van der Waals surface area contributed by atoms with Crippen molar-refractivity contribution in [3.05, 3.63) is 60.4 Å². The molecule has 2 aromatic heterocycles. The molecule has 6 nitrogen and oxygen atoms in total. The molecule has 0 atom stereocenters. The fourth-order valence-corrected chi connectivity index (χ4v) is 3.36. The van der Waals surface area contributed by atoms with Crippen LogP contribution in [0, 0.1) is 0 Å². The topological polar surface area (TPSA) is 70.2 Å². The predicted molar refractivity (Wildman–Crippen MR) is 111 cm³/mol. The number of carbonyl (C=O) groups excluding carboxylic acids is 1. The van der Waals surface area contributed by atoms with Gasteiger partial charge in [-0.2, -0.15) is 0 Å². The third-order valence-electron chi connectivity index (χ3n) is 4.90. The zero-order valence-electron chi connectivity index (χ0n) is 15.7. The highest BCUT2D eigenvalue weighted by Gasteiger charge is 2.10. The Labute approximate surface area is 164 Å². The average Bonchev–Trinajstić information content (AvgIpc) is 3.17. The second kappa shape index (κ2) is 8.82. The number of nitrogens with zero attached hydrogens (tertiary/aromatic N) is 2. The summed E-state index contributed by atoms with van der Waals surface area (Å²) in [5.41, 5.74) is 3.98. The highest BCUT2D eigenvalue weighted by Crippen LogP contribution is 2.28. The maximum atomic E-state index is 12.1. The lowest BCUT2D eigenvalue weighted by atomic mass is 10.1. The normalized spacial score (nSPS) is 15.3. The van der Waals surface area contributed by atoms with Gasteiger partial charge in [-0.3, -0.25) is 9.69 Å². The van der Waals surface area contributed by atoms with Crippen LogP contribution in [0.3, 0.4) is 0 Å². The number of aromatic amines is 1. The van der Waals surface area contributed by atoms with Crippen molar-refractivity contribution in [3.63, 3.8) is 0 Å². The zero-order valence-corrected chi connectivity index (χ0v) is 15.7. The minimum atomic E-state index is -0.0919. The number of hydrogen-bond donors (Lipinski definition) is 2. The van der Waals surface area contributed by atoms with Crippen LogP contribution < -0.4 is 5.32 Å². The monoisotopic (exact) mass is 376 g/mol. The summed E-state index contributed by atoms with van der Waals surface area (Å²) < 4.78 is 5.33. The summed E-state index contributed by atoms with van der Waals surface area (Å²) in [6, 6.07) is 12.3. The maximum Gasteiger partial charge on any atom is 0.244 e. The molecule has 1 fully saturated rings.